The molecule has 1 aromatic rings. The Morgan fingerprint density at radius 1 is 1.73 bits per heavy atom. The number of nitrogens with two attached hydrogens (primary N) is 1. The molecule has 0 amide bonds. The summed E-state index contributed by atoms with van der Waals surface area (Å²) < 4.78 is 17.7. The minimum atomic E-state index is -0.798. The molecule has 1 rings (SSSR count). The number of hydrogen-bond acceptors (Lipinski definition) is 4. The zero-order valence-corrected chi connectivity index (χ0v) is 10.0. The molecule has 1 aromatic heterocycles. The van der Waals surface area contributed by atoms with E-state index in [9.17, 15) is 9.18 Å². The van der Waals surface area contributed by atoms with Gasteiger partial charge in [-0.2, -0.15) is 0 Å². The molecule has 15 heavy (non-hydrogen) atoms. The van der Waals surface area contributed by atoms with Crippen LogP contribution in [-0.2, 0) is 4.74 Å². The topological polar surface area (TPSA) is 65.2 Å². The van der Waals surface area contributed by atoms with Gasteiger partial charge in [-0.3, -0.25) is 0 Å². The summed E-state index contributed by atoms with van der Waals surface area (Å²) in [7, 11) is 0. The van der Waals surface area contributed by atoms with Gasteiger partial charge in [0.15, 0.2) is 11.5 Å². The van der Waals surface area contributed by atoms with Crippen LogP contribution in [0.15, 0.2) is 4.60 Å². The minimum absolute atomic E-state index is 0.172. The molecule has 0 spiro atoms. The average molecular weight is 298 g/mol. The number of nitrogens with zero attached hydrogens (tertiary/aromatic N) is 1. The number of anilines is 1. The highest BCUT2D eigenvalue weighted by Gasteiger charge is 2.20. The van der Waals surface area contributed by atoms with Gasteiger partial charge in [-0.25, -0.2) is 14.2 Å². The molecular formula is C8H7BrClFN2O2. The van der Waals surface area contributed by atoms with E-state index in [1.54, 1.807) is 6.92 Å². The van der Waals surface area contributed by atoms with Crippen molar-refractivity contribution in [3.63, 3.8) is 0 Å². The predicted octanol–water partition coefficient (Wildman–Crippen LogP) is 2.40. The van der Waals surface area contributed by atoms with Gasteiger partial charge in [-0.05, 0) is 22.9 Å². The van der Waals surface area contributed by atoms with Gasteiger partial charge in [-0.15, -0.1) is 0 Å². The molecule has 1 heterocycles. The summed E-state index contributed by atoms with van der Waals surface area (Å²) in [5.41, 5.74) is 4.80. The van der Waals surface area contributed by atoms with Crippen LogP contribution in [0.2, 0.25) is 5.02 Å². The Kier molecular flexibility index (Phi) is 3.87. The maximum absolute atomic E-state index is 13.1. The number of nitrogen functional groups attached to an aromatic ring is 1. The number of esters is 1. The molecule has 82 valence electrons. The van der Waals surface area contributed by atoms with Crippen molar-refractivity contribution in [2.45, 2.75) is 6.92 Å². The van der Waals surface area contributed by atoms with E-state index in [4.69, 9.17) is 17.3 Å². The number of rotatable bonds is 2. The Morgan fingerprint density at radius 2 is 2.33 bits per heavy atom. The number of carbonyl (C=O) groups excluding carboxylic acids is 1. The zero-order chi connectivity index (χ0) is 11.6. The third-order valence-electron chi connectivity index (χ3n) is 1.54. The largest absolute Gasteiger partial charge is 0.461 e. The van der Waals surface area contributed by atoms with E-state index in [0.29, 0.717) is 0 Å². The number of carbonyl (C=O) groups is 1. The Hall–Kier alpha value is -0.880. The van der Waals surface area contributed by atoms with Crippen LogP contribution in [0, 0.1) is 5.82 Å². The quantitative estimate of drug-likeness (QED) is 0.672. The molecule has 7 heteroatoms. The Labute approximate surface area is 98.7 Å². The van der Waals surface area contributed by atoms with Crippen molar-refractivity contribution in [2.24, 2.45) is 0 Å². The number of halogens is 3. The van der Waals surface area contributed by atoms with Crippen LogP contribution in [0.4, 0.5) is 10.1 Å². The summed E-state index contributed by atoms with van der Waals surface area (Å²) in [4.78, 5) is 14.9. The van der Waals surface area contributed by atoms with Crippen molar-refractivity contribution in [3.05, 3.63) is 21.1 Å². The van der Waals surface area contributed by atoms with Crippen molar-refractivity contribution < 1.29 is 13.9 Å². The predicted molar refractivity (Wildman–Crippen MR) is 57.3 cm³/mol. The molecule has 0 atom stereocenters. The molecule has 0 fully saturated rings. The highest BCUT2D eigenvalue weighted by molar-refractivity contribution is 9.10. The number of ether oxygens (including phenoxy) is 1. The Morgan fingerprint density at radius 3 is 2.87 bits per heavy atom. The first-order chi connectivity index (χ1) is 6.99. The molecule has 0 aliphatic rings. The highest BCUT2D eigenvalue weighted by atomic mass is 79.9. The fourth-order valence-corrected chi connectivity index (χ4v) is 1.46. The van der Waals surface area contributed by atoms with Gasteiger partial charge in [0, 0.05) is 0 Å². The molecule has 0 saturated carbocycles. The van der Waals surface area contributed by atoms with Crippen molar-refractivity contribution in [2.75, 3.05) is 12.3 Å². The van der Waals surface area contributed by atoms with Crippen LogP contribution in [0.5, 0.6) is 0 Å². The first-order valence-electron chi connectivity index (χ1n) is 3.96. The standard InChI is InChI=1S/C8H7BrClFN2O2/c1-2-15-8(14)6-3(10)5(12)4(11)7(9)13-6/h2H2,1H3,(H2,12,13). The minimum Gasteiger partial charge on any atom is -0.461 e. The van der Waals surface area contributed by atoms with E-state index in [2.05, 4.69) is 25.7 Å². The first kappa shape index (κ1) is 12.2. The van der Waals surface area contributed by atoms with Gasteiger partial charge in [0.05, 0.1) is 17.3 Å². The number of aromatic nitrogens is 1. The molecule has 0 bridgehead atoms. The third kappa shape index (κ3) is 2.38. The summed E-state index contributed by atoms with van der Waals surface area (Å²) in [6, 6.07) is 0. The fraction of sp³-hybridized carbons (Fsp3) is 0.250. The van der Waals surface area contributed by atoms with Crippen LogP contribution < -0.4 is 5.73 Å². The smallest absolute Gasteiger partial charge is 0.358 e. The maximum Gasteiger partial charge on any atom is 0.358 e. The van der Waals surface area contributed by atoms with Gasteiger partial charge in [0.25, 0.3) is 0 Å². The van der Waals surface area contributed by atoms with Crippen molar-refractivity contribution in [3.8, 4) is 0 Å². The van der Waals surface area contributed by atoms with E-state index in [1.165, 1.54) is 0 Å². The van der Waals surface area contributed by atoms with Crippen molar-refractivity contribution in [1.82, 2.24) is 4.98 Å². The second-order valence-corrected chi connectivity index (χ2v) is 3.64. The monoisotopic (exact) mass is 296 g/mol. The molecule has 2 N–H and O–H groups in total. The molecule has 0 unspecified atom stereocenters. The van der Waals surface area contributed by atoms with Gasteiger partial charge in [0.2, 0.25) is 0 Å². The second-order valence-electron chi connectivity index (χ2n) is 2.51. The van der Waals surface area contributed by atoms with Crippen LogP contribution >= 0.6 is 27.5 Å². The lowest BCUT2D eigenvalue weighted by Crippen LogP contribution is -2.11. The summed E-state index contributed by atoms with van der Waals surface area (Å²) in [6.45, 7) is 1.81. The molecule has 0 aliphatic heterocycles. The van der Waals surface area contributed by atoms with Gasteiger partial charge in [0.1, 0.15) is 4.60 Å². The second kappa shape index (κ2) is 4.76. The molecule has 0 aromatic carbocycles. The molecular weight excluding hydrogens is 290 g/mol. The van der Waals surface area contributed by atoms with Crippen LogP contribution in [0.1, 0.15) is 17.4 Å². The summed E-state index contributed by atoms with van der Waals surface area (Å²) in [5, 5.41) is -0.242. The lowest BCUT2D eigenvalue weighted by atomic mass is 10.3. The normalized spacial score (nSPS) is 10.1. The van der Waals surface area contributed by atoms with E-state index < -0.39 is 11.8 Å². The SMILES string of the molecule is CCOC(=O)c1nc(Br)c(F)c(N)c1Cl. The van der Waals surface area contributed by atoms with Gasteiger partial charge in [-0.1, -0.05) is 11.6 Å². The Balaban J connectivity index is 3.26. The van der Waals surface area contributed by atoms with Crippen LogP contribution in [0.3, 0.4) is 0 Å². The molecule has 0 saturated heterocycles. The van der Waals surface area contributed by atoms with E-state index >= 15 is 0 Å². The Bertz CT molecular complexity index is 414. The number of pyridine rings is 1. The van der Waals surface area contributed by atoms with E-state index in [0.717, 1.165) is 0 Å². The average Bonchev–Trinajstić information content (AvgIpc) is 2.20. The van der Waals surface area contributed by atoms with E-state index in [-0.39, 0.29) is 27.6 Å². The fourth-order valence-electron chi connectivity index (χ4n) is 0.866. The van der Waals surface area contributed by atoms with Crippen LogP contribution in [-0.4, -0.2) is 17.6 Å². The lowest BCUT2D eigenvalue weighted by Gasteiger charge is -2.07. The zero-order valence-electron chi connectivity index (χ0n) is 7.68. The first-order valence-corrected chi connectivity index (χ1v) is 5.13. The van der Waals surface area contributed by atoms with Crippen molar-refractivity contribution >= 4 is 39.2 Å². The number of hydrogen-bond donors (Lipinski definition) is 1. The highest BCUT2D eigenvalue weighted by Crippen LogP contribution is 2.29. The lowest BCUT2D eigenvalue weighted by molar-refractivity contribution is 0.0519. The molecule has 0 radical (unpaired) electrons. The summed E-state index contributed by atoms with van der Waals surface area (Å²) in [5.74, 6) is -1.54. The van der Waals surface area contributed by atoms with Crippen molar-refractivity contribution in [1.29, 1.82) is 0 Å². The van der Waals surface area contributed by atoms with E-state index in [1.807, 2.05) is 0 Å². The molecule has 0 aliphatic carbocycles. The van der Waals surface area contributed by atoms with Crippen LogP contribution in [0.25, 0.3) is 0 Å². The van der Waals surface area contributed by atoms with Gasteiger partial charge < -0.3 is 10.5 Å². The summed E-state index contributed by atoms with van der Waals surface area (Å²) in [6.07, 6.45) is 0. The summed E-state index contributed by atoms with van der Waals surface area (Å²) >= 11 is 8.47. The van der Waals surface area contributed by atoms with Gasteiger partial charge >= 0.3 is 5.97 Å². The third-order valence-corrected chi connectivity index (χ3v) is 2.45. The maximum atomic E-state index is 13.1. The molecule has 4 nitrogen and oxygen atoms in total.